The van der Waals surface area contributed by atoms with Gasteiger partial charge in [0.15, 0.2) is 0 Å². The zero-order valence-corrected chi connectivity index (χ0v) is 11.6. The van der Waals surface area contributed by atoms with Crippen molar-refractivity contribution < 1.29 is 18.6 Å². The predicted molar refractivity (Wildman–Crippen MR) is 64.9 cm³/mol. The minimum atomic E-state index is -3.33. The third-order valence-electron chi connectivity index (χ3n) is 1.98. The highest BCUT2D eigenvalue weighted by atomic mass is 31.2. The summed E-state index contributed by atoms with van der Waals surface area (Å²) >= 11 is 0. The molecule has 0 saturated heterocycles. The molecule has 2 atom stereocenters. The van der Waals surface area contributed by atoms with Crippen LogP contribution in [0.15, 0.2) is 5.11 Å². The first-order valence-corrected chi connectivity index (χ1v) is 7.34. The van der Waals surface area contributed by atoms with Crippen molar-refractivity contribution in [2.75, 3.05) is 19.8 Å². The van der Waals surface area contributed by atoms with Crippen molar-refractivity contribution in [2.24, 2.45) is 5.11 Å². The first-order chi connectivity index (χ1) is 8.06. The molecule has 0 spiro atoms. The molecule has 2 unspecified atom stereocenters. The highest BCUT2D eigenvalue weighted by Gasteiger charge is 2.40. The first kappa shape index (κ1) is 16.4. The Morgan fingerprint density at radius 2 is 1.76 bits per heavy atom. The van der Waals surface area contributed by atoms with Gasteiger partial charge in [-0.3, -0.25) is 4.57 Å². The Kier molecular flexibility index (Phi) is 8.21. The van der Waals surface area contributed by atoms with Crippen molar-refractivity contribution in [1.82, 2.24) is 0 Å². The molecule has 0 aromatic rings. The van der Waals surface area contributed by atoms with Gasteiger partial charge in [-0.05, 0) is 33.2 Å². The first-order valence-electron chi connectivity index (χ1n) is 5.58. The van der Waals surface area contributed by atoms with Crippen LogP contribution in [0.3, 0.4) is 0 Å². The topological polar surface area (TPSA) is 93.5 Å². The Hall–Kier alpha value is -0.580. The van der Waals surface area contributed by atoms with Crippen molar-refractivity contribution in [3.8, 4) is 0 Å². The Morgan fingerprint density at radius 3 is 2.12 bits per heavy atom. The summed E-state index contributed by atoms with van der Waals surface area (Å²) < 4.78 is 28.4. The van der Waals surface area contributed by atoms with E-state index in [0.29, 0.717) is 13.2 Å². The molecule has 7 nitrogen and oxygen atoms in total. The number of hydrogen-bond acceptors (Lipinski definition) is 5. The molecule has 8 heteroatoms. The maximum atomic E-state index is 12.6. The molecule has 17 heavy (non-hydrogen) atoms. The summed E-state index contributed by atoms with van der Waals surface area (Å²) in [6, 6.07) is -0.988. The molecule has 0 fully saturated rings. The average Bonchev–Trinajstić information content (AvgIpc) is 2.29. The molecular weight excluding hydrogens is 245 g/mol. The van der Waals surface area contributed by atoms with E-state index in [0.717, 1.165) is 0 Å². The van der Waals surface area contributed by atoms with Crippen LogP contribution in [-0.4, -0.2) is 31.6 Å². The lowest BCUT2D eigenvalue weighted by atomic mass is 10.8. The van der Waals surface area contributed by atoms with Gasteiger partial charge in [0, 0.05) is 18.1 Å². The lowest BCUT2D eigenvalue weighted by Crippen LogP contribution is -2.24. The van der Waals surface area contributed by atoms with Crippen molar-refractivity contribution in [1.29, 1.82) is 0 Å². The Bertz CT molecular complexity index is 301. The van der Waals surface area contributed by atoms with Crippen LogP contribution < -0.4 is 0 Å². The monoisotopic (exact) mass is 265 g/mol. The van der Waals surface area contributed by atoms with Crippen LogP contribution in [0.25, 0.3) is 10.4 Å². The van der Waals surface area contributed by atoms with Crippen LogP contribution in [0.1, 0.15) is 27.7 Å². The van der Waals surface area contributed by atoms with Crippen molar-refractivity contribution in [2.45, 2.75) is 39.5 Å². The lowest BCUT2D eigenvalue weighted by molar-refractivity contribution is -0.0895. The molecule has 0 heterocycles. The van der Waals surface area contributed by atoms with E-state index in [1.807, 2.05) is 0 Å². The van der Waals surface area contributed by atoms with Crippen molar-refractivity contribution >= 4 is 7.37 Å². The van der Waals surface area contributed by atoms with Gasteiger partial charge in [-0.2, -0.15) is 0 Å². The Balaban J connectivity index is 5.10. The maximum absolute atomic E-state index is 12.6. The van der Waals surface area contributed by atoms with Gasteiger partial charge in [0.1, 0.15) is 5.78 Å². The summed E-state index contributed by atoms with van der Waals surface area (Å²) in [5.41, 5.74) is 8.41. The van der Waals surface area contributed by atoms with E-state index in [2.05, 4.69) is 10.0 Å². The van der Waals surface area contributed by atoms with Crippen LogP contribution in [-0.2, 0) is 18.6 Å². The molecule has 0 aliphatic carbocycles. The second kappa shape index (κ2) is 8.50. The Labute approximate surface area is 102 Å². The number of nitrogens with zero attached hydrogens (tertiary/aromatic N) is 3. The minimum absolute atomic E-state index is 0.235. The Morgan fingerprint density at radius 1 is 1.24 bits per heavy atom. The summed E-state index contributed by atoms with van der Waals surface area (Å²) in [6.45, 7) is 7.68. The van der Waals surface area contributed by atoms with E-state index < -0.39 is 19.2 Å². The predicted octanol–water partition coefficient (Wildman–Crippen LogP) is 3.31. The summed E-state index contributed by atoms with van der Waals surface area (Å²) in [7, 11) is -3.33. The molecule has 0 saturated carbocycles. The second-order valence-corrected chi connectivity index (χ2v) is 5.84. The summed E-state index contributed by atoms with van der Waals surface area (Å²) in [5.74, 6) is -0.824. The molecule has 0 aromatic carbocycles. The van der Waals surface area contributed by atoms with Gasteiger partial charge in [0.05, 0.1) is 6.61 Å². The molecule has 0 aromatic heterocycles. The molecule has 0 rings (SSSR count). The van der Waals surface area contributed by atoms with Crippen LogP contribution in [0, 0.1) is 0 Å². The molecule has 0 radical (unpaired) electrons. The van der Waals surface area contributed by atoms with Gasteiger partial charge in [0.25, 0.3) is 7.37 Å². The molecular formula is C9H20N3O4P. The molecule has 0 bridgehead atoms. The highest BCUT2D eigenvalue weighted by Crippen LogP contribution is 2.57. The van der Waals surface area contributed by atoms with Gasteiger partial charge in [-0.1, -0.05) is 5.11 Å². The smallest absolute Gasteiger partial charge is 0.266 e. The SMILES string of the molecule is CCOC(OCC)P(=O)(OCC)C(C)N=[N+]=[N-]. The van der Waals surface area contributed by atoms with Gasteiger partial charge in [-0.15, -0.1) is 0 Å². The average molecular weight is 265 g/mol. The third kappa shape index (κ3) is 4.66. The standard InChI is InChI=1S/C9H20N3O4P/c1-5-14-9(15-6-2)17(13,16-7-3)8(4)11-12-10/h8-9H,5-7H2,1-4H3. The fourth-order valence-electron chi connectivity index (χ4n) is 1.23. The van der Waals surface area contributed by atoms with Gasteiger partial charge in [0.2, 0.25) is 6.03 Å². The van der Waals surface area contributed by atoms with Crippen LogP contribution >= 0.6 is 7.37 Å². The third-order valence-corrected chi connectivity index (χ3v) is 4.68. The quantitative estimate of drug-likeness (QED) is 0.210. The van der Waals surface area contributed by atoms with Gasteiger partial charge < -0.3 is 14.0 Å². The molecule has 0 aliphatic heterocycles. The molecule has 0 N–H and O–H groups in total. The number of hydrogen-bond donors (Lipinski definition) is 0. The number of ether oxygens (including phenoxy) is 2. The normalized spacial score (nSPS) is 16.3. The van der Waals surface area contributed by atoms with Crippen LogP contribution in [0.4, 0.5) is 0 Å². The zero-order valence-electron chi connectivity index (χ0n) is 10.7. The second-order valence-electron chi connectivity index (χ2n) is 3.12. The summed E-state index contributed by atoms with van der Waals surface area (Å²) in [4.78, 5) is 2.65. The van der Waals surface area contributed by atoms with Crippen molar-refractivity contribution in [3.63, 3.8) is 0 Å². The molecule has 0 aliphatic rings. The molecule has 0 amide bonds. The van der Waals surface area contributed by atoms with Crippen LogP contribution in [0.5, 0.6) is 0 Å². The van der Waals surface area contributed by atoms with E-state index in [-0.39, 0.29) is 6.61 Å². The fraction of sp³-hybridized carbons (Fsp3) is 1.00. The molecule has 100 valence electrons. The number of azide groups is 1. The lowest BCUT2D eigenvalue weighted by Gasteiger charge is -2.28. The van der Waals surface area contributed by atoms with Gasteiger partial charge in [-0.25, -0.2) is 0 Å². The minimum Gasteiger partial charge on any atom is -0.345 e. The van der Waals surface area contributed by atoms with Crippen molar-refractivity contribution in [3.05, 3.63) is 10.4 Å². The summed E-state index contributed by atoms with van der Waals surface area (Å²) in [6.07, 6.45) is 0. The van der Waals surface area contributed by atoms with E-state index >= 15 is 0 Å². The highest BCUT2D eigenvalue weighted by molar-refractivity contribution is 7.60. The van der Waals surface area contributed by atoms with E-state index in [4.69, 9.17) is 19.5 Å². The maximum Gasteiger partial charge on any atom is 0.266 e. The fourth-order valence-corrected chi connectivity index (χ4v) is 3.23. The van der Waals surface area contributed by atoms with Gasteiger partial charge >= 0.3 is 0 Å². The summed E-state index contributed by atoms with van der Waals surface area (Å²) in [5, 5.41) is 3.43. The zero-order chi connectivity index (χ0) is 13.3. The largest absolute Gasteiger partial charge is 0.345 e. The number of rotatable bonds is 9. The van der Waals surface area contributed by atoms with E-state index in [9.17, 15) is 4.57 Å². The van der Waals surface area contributed by atoms with E-state index in [1.165, 1.54) is 6.92 Å². The van der Waals surface area contributed by atoms with Crippen LogP contribution in [0.2, 0.25) is 0 Å². The van der Waals surface area contributed by atoms with E-state index in [1.54, 1.807) is 20.8 Å².